The Balaban J connectivity index is 0.00000338. The van der Waals surface area contributed by atoms with E-state index >= 15 is 0 Å². The Labute approximate surface area is 172 Å². The molecule has 0 saturated heterocycles. The van der Waals surface area contributed by atoms with Crippen LogP contribution in [0.3, 0.4) is 0 Å². The van der Waals surface area contributed by atoms with Crippen LogP contribution >= 0.6 is 43.0 Å². The molecule has 0 aliphatic heterocycles. The molecule has 26 heavy (non-hydrogen) atoms. The van der Waals surface area contributed by atoms with Crippen molar-refractivity contribution in [1.82, 2.24) is 5.32 Å². The quantitative estimate of drug-likeness (QED) is 0.477. The summed E-state index contributed by atoms with van der Waals surface area (Å²) in [5, 5.41) is 14.3. The van der Waals surface area contributed by atoms with E-state index in [-0.39, 0.29) is 31.2 Å². The molecule has 0 amide bonds. The zero-order valence-electron chi connectivity index (χ0n) is 15.0. The van der Waals surface area contributed by atoms with Crippen LogP contribution in [0.25, 0.3) is 0 Å². The molecule has 1 aromatic carbocycles. The van der Waals surface area contributed by atoms with Crippen molar-refractivity contribution < 1.29 is 14.6 Å². The van der Waals surface area contributed by atoms with E-state index in [4.69, 9.17) is 23.2 Å². The topological polar surface area (TPSA) is 69.6 Å². The molecule has 1 aliphatic rings. The fourth-order valence-electron chi connectivity index (χ4n) is 3.45. The van der Waals surface area contributed by atoms with Crippen molar-refractivity contribution in [3.05, 3.63) is 33.8 Å². The van der Waals surface area contributed by atoms with Crippen LogP contribution in [0, 0.1) is 5.92 Å². The van der Waals surface area contributed by atoms with Gasteiger partial charge in [0.25, 0.3) is 0 Å². The van der Waals surface area contributed by atoms with Gasteiger partial charge in [0, 0.05) is 18.7 Å². The molecule has 150 valence electrons. The van der Waals surface area contributed by atoms with Crippen LogP contribution in [0.5, 0.6) is 0 Å². The minimum Gasteiger partial charge on any atom is -0.391 e. The molecule has 0 radical (unpaired) electrons. The number of halogens is 3. The van der Waals surface area contributed by atoms with Gasteiger partial charge in [0.15, 0.2) is 0 Å². The molecule has 4 nitrogen and oxygen atoms in total. The minimum absolute atomic E-state index is 0. The van der Waals surface area contributed by atoms with Gasteiger partial charge in [-0.05, 0) is 43.4 Å². The minimum atomic E-state index is -3.29. The molecule has 1 fully saturated rings. The summed E-state index contributed by atoms with van der Waals surface area (Å²) in [6.45, 7) is 2.21. The largest absolute Gasteiger partial charge is 0.391 e. The van der Waals surface area contributed by atoms with E-state index in [9.17, 15) is 14.6 Å². The smallest absolute Gasteiger partial charge is 0.203 e. The maximum atomic E-state index is 12.4. The van der Waals surface area contributed by atoms with Crippen LogP contribution in [-0.2, 0) is 4.57 Å². The second kappa shape index (κ2) is 11.3. The van der Waals surface area contributed by atoms with Crippen molar-refractivity contribution >= 4 is 43.0 Å². The maximum Gasteiger partial charge on any atom is 0.203 e. The summed E-state index contributed by atoms with van der Waals surface area (Å²) < 4.78 is 12.4. The van der Waals surface area contributed by atoms with Gasteiger partial charge in [-0.1, -0.05) is 48.5 Å². The lowest BCUT2D eigenvalue weighted by Crippen LogP contribution is -2.32. The first kappa shape index (κ1) is 24.2. The molecule has 2 unspecified atom stereocenters. The Morgan fingerprint density at radius 1 is 1.23 bits per heavy atom. The van der Waals surface area contributed by atoms with Gasteiger partial charge in [-0.2, -0.15) is 0 Å². The van der Waals surface area contributed by atoms with Crippen LogP contribution in [0.4, 0.5) is 0 Å². The summed E-state index contributed by atoms with van der Waals surface area (Å²) in [6, 6.07) is 5.35. The Hall–Kier alpha value is 0.200. The zero-order chi connectivity index (χ0) is 18.4. The van der Waals surface area contributed by atoms with Gasteiger partial charge in [-0.25, -0.2) is 0 Å². The van der Waals surface area contributed by atoms with E-state index in [0.29, 0.717) is 22.1 Å². The third kappa shape index (κ3) is 8.06. The molecule has 0 spiro atoms. The number of rotatable bonds is 8. The molecule has 8 heteroatoms. The monoisotopic (exact) mass is 443 g/mol. The molecule has 1 aliphatic carbocycles. The zero-order valence-corrected chi connectivity index (χ0v) is 18.3. The number of aliphatic hydroxyl groups is 1. The van der Waals surface area contributed by atoms with Crippen molar-refractivity contribution in [2.24, 2.45) is 5.92 Å². The summed E-state index contributed by atoms with van der Waals surface area (Å²) in [5.74, 6) is 0.333. The SMILES string of the molecule is CC(NC[C@H](O)CP(=O)(O)CC1CCCCC1)c1ccc(Cl)c(Cl)c1.Cl. The van der Waals surface area contributed by atoms with E-state index in [1.165, 1.54) is 6.42 Å². The predicted molar refractivity (Wildman–Crippen MR) is 112 cm³/mol. The Morgan fingerprint density at radius 3 is 2.50 bits per heavy atom. The first-order valence-corrected chi connectivity index (χ1v) is 11.7. The highest BCUT2D eigenvalue weighted by molar-refractivity contribution is 7.58. The molecule has 3 atom stereocenters. The van der Waals surface area contributed by atoms with Crippen LogP contribution in [0.2, 0.25) is 10.0 Å². The van der Waals surface area contributed by atoms with Crippen LogP contribution in [0.15, 0.2) is 18.2 Å². The molecule has 3 N–H and O–H groups in total. The van der Waals surface area contributed by atoms with Gasteiger partial charge in [0.2, 0.25) is 7.37 Å². The number of hydrogen-bond donors (Lipinski definition) is 3. The van der Waals surface area contributed by atoms with Gasteiger partial charge in [-0.3, -0.25) is 4.57 Å². The fourth-order valence-corrected chi connectivity index (χ4v) is 5.87. The number of nitrogens with one attached hydrogen (secondary N) is 1. The number of hydrogen-bond acceptors (Lipinski definition) is 3. The van der Waals surface area contributed by atoms with E-state index in [2.05, 4.69) is 5.32 Å². The molecule has 0 heterocycles. The summed E-state index contributed by atoms with van der Waals surface area (Å²) in [6.07, 6.45) is 5.04. The van der Waals surface area contributed by atoms with E-state index < -0.39 is 13.5 Å². The number of benzene rings is 1. The highest BCUT2D eigenvalue weighted by atomic mass is 35.5. The van der Waals surface area contributed by atoms with Gasteiger partial charge < -0.3 is 15.3 Å². The number of aliphatic hydroxyl groups excluding tert-OH is 1. The molecule has 0 aromatic heterocycles. The third-order valence-corrected chi connectivity index (χ3v) is 7.69. The predicted octanol–water partition coefficient (Wildman–Crippen LogP) is 5.28. The standard InChI is InChI=1S/C18H28Cl2NO3P.ClH/c1-13(15-7-8-17(19)18(20)9-15)21-10-16(22)12-25(23,24)11-14-5-3-2-4-6-14;/h7-9,13-14,16,21-22H,2-6,10-12H2,1H3,(H,23,24);1H/t13?,16-;/m0./s1. The average Bonchev–Trinajstić information content (AvgIpc) is 2.55. The maximum absolute atomic E-state index is 12.4. The molecule has 0 bridgehead atoms. The second-order valence-corrected chi connectivity index (χ2v) is 10.4. The summed E-state index contributed by atoms with van der Waals surface area (Å²) in [5.41, 5.74) is 0.955. The van der Waals surface area contributed by atoms with Gasteiger partial charge >= 0.3 is 0 Å². The summed E-state index contributed by atoms with van der Waals surface area (Å²) >= 11 is 11.9. The highest BCUT2D eigenvalue weighted by Gasteiger charge is 2.28. The van der Waals surface area contributed by atoms with Gasteiger partial charge in [0.05, 0.1) is 22.3 Å². The second-order valence-electron chi connectivity index (χ2n) is 7.17. The van der Waals surface area contributed by atoms with Crippen molar-refractivity contribution in [3.63, 3.8) is 0 Å². The Bertz CT molecular complexity index is 611. The third-order valence-electron chi connectivity index (χ3n) is 4.87. The van der Waals surface area contributed by atoms with E-state index in [0.717, 1.165) is 31.2 Å². The molecular weight excluding hydrogens is 416 g/mol. The Morgan fingerprint density at radius 2 is 1.88 bits per heavy atom. The Kier molecular flexibility index (Phi) is 10.5. The van der Waals surface area contributed by atoms with Gasteiger partial charge in [0.1, 0.15) is 0 Å². The molecule has 1 saturated carbocycles. The summed E-state index contributed by atoms with van der Waals surface area (Å²) in [7, 11) is -3.29. The summed E-state index contributed by atoms with van der Waals surface area (Å²) in [4.78, 5) is 10.2. The van der Waals surface area contributed by atoms with E-state index in [1.54, 1.807) is 12.1 Å². The average molecular weight is 445 g/mol. The van der Waals surface area contributed by atoms with Crippen molar-refractivity contribution in [3.8, 4) is 0 Å². The first-order valence-electron chi connectivity index (χ1n) is 8.94. The van der Waals surface area contributed by atoms with Crippen molar-refractivity contribution in [2.75, 3.05) is 18.9 Å². The first-order chi connectivity index (χ1) is 11.8. The van der Waals surface area contributed by atoms with Crippen LogP contribution < -0.4 is 5.32 Å². The fraction of sp³-hybridized carbons (Fsp3) is 0.667. The van der Waals surface area contributed by atoms with Crippen molar-refractivity contribution in [2.45, 2.75) is 51.2 Å². The van der Waals surface area contributed by atoms with E-state index in [1.807, 2.05) is 13.0 Å². The lowest BCUT2D eigenvalue weighted by Gasteiger charge is -2.25. The van der Waals surface area contributed by atoms with Crippen LogP contribution in [0.1, 0.15) is 50.6 Å². The van der Waals surface area contributed by atoms with Gasteiger partial charge in [-0.15, -0.1) is 12.4 Å². The van der Waals surface area contributed by atoms with Crippen LogP contribution in [-0.4, -0.2) is 35.0 Å². The van der Waals surface area contributed by atoms with Crippen molar-refractivity contribution in [1.29, 1.82) is 0 Å². The highest BCUT2D eigenvalue weighted by Crippen LogP contribution is 2.45. The molecule has 2 rings (SSSR count). The normalized spacial score (nSPS) is 20.0. The molecular formula is C18H29Cl3NO3P. The lowest BCUT2D eigenvalue weighted by molar-refractivity contribution is 0.186. The lowest BCUT2D eigenvalue weighted by atomic mass is 9.91. The molecule has 1 aromatic rings.